The van der Waals surface area contributed by atoms with Gasteiger partial charge in [-0.15, -0.1) is 0 Å². The van der Waals surface area contributed by atoms with E-state index in [4.69, 9.17) is 0 Å². The molecule has 0 aromatic carbocycles. The molecule has 0 aromatic rings. The van der Waals surface area contributed by atoms with Crippen LogP contribution in [0, 0.1) is 0 Å². The Kier molecular flexibility index (Phi) is 2.45. The largest absolute Gasteiger partial charge is 0.448 e. The predicted octanol–water partition coefficient (Wildman–Crippen LogP) is 1.40. The zero-order valence-electron chi connectivity index (χ0n) is 9.60. The SMILES string of the molecule is CC(C)(C)N1CC2N=C(C(F)(F)F)NC2C1. The fraction of sp³-hybridized carbons (Fsp3) is 0.900. The van der Waals surface area contributed by atoms with Crippen molar-refractivity contribution in [3.05, 3.63) is 0 Å². The lowest BCUT2D eigenvalue weighted by Crippen LogP contribution is -2.45. The highest BCUT2D eigenvalue weighted by atomic mass is 19.4. The minimum Gasteiger partial charge on any atom is -0.360 e. The summed E-state index contributed by atoms with van der Waals surface area (Å²) >= 11 is 0. The van der Waals surface area contributed by atoms with Gasteiger partial charge in [0.15, 0.2) is 0 Å². The lowest BCUT2D eigenvalue weighted by molar-refractivity contribution is -0.0615. The Balaban J connectivity index is 2.06. The molecule has 6 heteroatoms. The first-order valence-corrected chi connectivity index (χ1v) is 5.34. The maximum atomic E-state index is 12.4. The fourth-order valence-electron chi connectivity index (χ4n) is 2.14. The number of fused-ring (bicyclic) bond motifs is 1. The van der Waals surface area contributed by atoms with Crippen molar-refractivity contribution in [2.24, 2.45) is 4.99 Å². The van der Waals surface area contributed by atoms with E-state index in [0.29, 0.717) is 13.1 Å². The van der Waals surface area contributed by atoms with Crippen LogP contribution in [0.4, 0.5) is 13.2 Å². The summed E-state index contributed by atoms with van der Waals surface area (Å²) in [7, 11) is 0. The van der Waals surface area contributed by atoms with Gasteiger partial charge in [0.05, 0.1) is 12.1 Å². The molecule has 0 radical (unpaired) electrons. The van der Waals surface area contributed by atoms with Crippen molar-refractivity contribution < 1.29 is 13.2 Å². The van der Waals surface area contributed by atoms with Gasteiger partial charge in [-0.3, -0.25) is 9.89 Å². The van der Waals surface area contributed by atoms with Crippen LogP contribution in [-0.2, 0) is 0 Å². The molecule has 1 saturated heterocycles. The van der Waals surface area contributed by atoms with Crippen LogP contribution in [0.1, 0.15) is 20.8 Å². The van der Waals surface area contributed by atoms with Crippen LogP contribution in [0.3, 0.4) is 0 Å². The number of amidine groups is 1. The van der Waals surface area contributed by atoms with Crippen LogP contribution < -0.4 is 5.32 Å². The van der Waals surface area contributed by atoms with Gasteiger partial charge in [-0.25, -0.2) is 0 Å². The third kappa shape index (κ3) is 2.03. The van der Waals surface area contributed by atoms with E-state index >= 15 is 0 Å². The van der Waals surface area contributed by atoms with Gasteiger partial charge in [0.2, 0.25) is 5.84 Å². The van der Waals surface area contributed by atoms with Gasteiger partial charge in [0.25, 0.3) is 0 Å². The number of likely N-dealkylation sites (tertiary alicyclic amines) is 1. The Bertz CT molecular complexity index is 316. The van der Waals surface area contributed by atoms with Crippen molar-refractivity contribution in [2.75, 3.05) is 13.1 Å². The fourth-order valence-corrected chi connectivity index (χ4v) is 2.14. The van der Waals surface area contributed by atoms with Crippen molar-refractivity contribution >= 4 is 5.84 Å². The van der Waals surface area contributed by atoms with Crippen LogP contribution in [0.5, 0.6) is 0 Å². The second-order valence-corrected chi connectivity index (χ2v) is 5.37. The molecule has 0 spiro atoms. The molecular formula is C10H16F3N3. The van der Waals surface area contributed by atoms with E-state index in [1.165, 1.54) is 0 Å². The van der Waals surface area contributed by atoms with Gasteiger partial charge in [0.1, 0.15) is 0 Å². The molecule has 0 amide bonds. The first-order valence-electron chi connectivity index (χ1n) is 5.34. The average molecular weight is 235 g/mol. The topological polar surface area (TPSA) is 27.6 Å². The summed E-state index contributed by atoms with van der Waals surface area (Å²) in [5.74, 6) is -0.809. The van der Waals surface area contributed by atoms with Crippen molar-refractivity contribution in [1.29, 1.82) is 0 Å². The molecular weight excluding hydrogens is 219 g/mol. The molecule has 2 rings (SSSR count). The van der Waals surface area contributed by atoms with Gasteiger partial charge < -0.3 is 5.32 Å². The molecule has 0 aliphatic carbocycles. The Morgan fingerprint density at radius 2 is 1.88 bits per heavy atom. The smallest absolute Gasteiger partial charge is 0.360 e. The van der Waals surface area contributed by atoms with E-state index in [1.54, 1.807) is 0 Å². The highest BCUT2D eigenvalue weighted by Crippen LogP contribution is 2.28. The van der Waals surface area contributed by atoms with Gasteiger partial charge in [-0.05, 0) is 20.8 Å². The zero-order chi connectivity index (χ0) is 12.1. The molecule has 1 fully saturated rings. The molecule has 0 bridgehead atoms. The van der Waals surface area contributed by atoms with Crippen LogP contribution in [0.2, 0.25) is 0 Å². The van der Waals surface area contributed by atoms with Crippen molar-refractivity contribution in [3.8, 4) is 0 Å². The molecule has 2 unspecified atom stereocenters. The summed E-state index contributed by atoms with van der Waals surface area (Å²) in [5, 5.41) is 2.48. The highest BCUT2D eigenvalue weighted by molar-refractivity contribution is 5.89. The van der Waals surface area contributed by atoms with Crippen LogP contribution >= 0.6 is 0 Å². The number of nitrogens with one attached hydrogen (secondary N) is 1. The molecule has 0 saturated carbocycles. The van der Waals surface area contributed by atoms with Gasteiger partial charge in [-0.1, -0.05) is 0 Å². The Morgan fingerprint density at radius 1 is 1.25 bits per heavy atom. The lowest BCUT2D eigenvalue weighted by atomic mass is 10.1. The third-order valence-corrected chi connectivity index (χ3v) is 3.12. The second-order valence-electron chi connectivity index (χ2n) is 5.37. The summed E-state index contributed by atoms with van der Waals surface area (Å²) in [5.41, 5.74) is -0.0140. The molecule has 92 valence electrons. The number of aliphatic imine (C=N–C) groups is 1. The lowest BCUT2D eigenvalue weighted by Gasteiger charge is -2.32. The molecule has 3 nitrogen and oxygen atoms in total. The van der Waals surface area contributed by atoms with Gasteiger partial charge in [0, 0.05) is 18.6 Å². The third-order valence-electron chi connectivity index (χ3n) is 3.12. The van der Waals surface area contributed by atoms with E-state index in [1.807, 2.05) is 0 Å². The van der Waals surface area contributed by atoms with Crippen LogP contribution in [0.15, 0.2) is 4.99 Å². The first kappa shape index (κ1) is 11.7. The number of hydrogen-bond acceptors (Lipinski definition) is 3. The summed E-state index contributed by atoms with van der Waals surface area (Å²) in [4.78, 5) is 5.88. The minimum atomic E-state index is -4.34. The van der Waals surface area contributed by atoms with E-state index in [9.17, 15) is 13.2 Å². The predicted molar refractivity (Wildman–Crippen MR) is 55.5 cm³/mol. The second kappa shape index (κ2) is 3.35. The normalized spacial score (nSPS) is 31.2. The standard InChI is InChI=1S/C10H16F3N3/c1-9(2,3)16-4-6-7(5-16)15-8(14-6)10(11,12)13/h6-7H,4-5H2,1-3H3,(H,14,15). The molecule has 2 aliphatic heterocycles. The number of halogens is 3. The van der Waals surface area contributed by atoms with Crippen molar-refractivity contribution in [3.63, 3.8) is 0 Å². The summed E-state index contributed by atoms with van der Waals surface area (Å²) in [6.45, 7) is 7.39. The molecule has 2 aliphatic rings. The quantitative estimate of drug-likeness (QED) is 0.687. The van der Waals surface area contributed by atoms with E-state index in [2.05, 4.69) is 36.0 Å². The van der Waals surface area contributed by atoms with E-state index < -0.39 is 12.0 Å². The van der Waals surface area contributed by atoms with E-state index in [0.717, 1.165) is 0 Å². The Morgan fingerprint density at radius 3 is 2.31 bits per heavy atom. The maximum Gasteiger partial charge on any atom is 0.448 e. The van der Waals surface area contributed by atoms with Gasteiger partial charge in [-0.2, -0.15) is 13.2 Å². The maximum absolute atomic E-state index is 12.4. The molecule has 1 N–H and O–H groups in total. The summed E-state index contributed by atoms with van der Waals surface area (Å²) < 4.78 is 37.2. The van der Waals surface area contributed by atoms with Crippen molar-refractivity contribution in [2.45, 2.75) is 44.6 Å². The van der Waals surface area contributed by atoms with E-state index in [-0.39, 0.29) is 17.6 Å². The Hall–Kier alpha value is -0.780. The number of alkyl halides is 3. The molecule has 2 heterocycles. The van der Waals surface area contributed by atoms with Crippen molar-refractivity contribution in [1.82, 2.24) is 10.2 Å². The number of hydrogen-bond donors (Lipinski definition) is 1. The zero-order valence-corrected chi connectivity index (χ0v) is 9.60. The molecule has 0 aromatic heterocycles. The summed E-state index contributed by atoms with van der Waals surface area (Å²) in [6, 6.07) is -0.438. The number of nitrogens with zero attached hydrogens (tertiary/aromatic N) is 2. The summed E-state index contributed by atoms with van der Waals surface area (Å²) in [6.07, 6.45) is -4.34. The molecule has 2 atom stereocenters. The highest BCUT2D eigenvalue weighted by Gasteiger charge is 2.47. The minimum absolute atomic E-state index is 0.0140. The molecule has 16 heavy (non-hydrogen) atoms. The van der Waals surface area contributed by atoms with Crippen LogP contribution in [0.25, 0.3) is 0 Å². The van der Waals surface area contributed by atoms with Gasteiger partial charge >= 0.3 is 6.18 Å². The van der Waals surface area contributed by atoms with Crippen LogP contribution in [-0.4, -0.2) is 47.6 Å². The first-order chi connectivity index (χ1) is 7.18. The Labute approximate surface area is 92.7 Å². The monoisotopic (exact) mass is 235 g/mol. The number of rotatable bonds is 0. The average Bonchev–Trinajstić information content (AvgIpc) is 2.53.